The molecule has 1 aromatic heterocycles. The van der Waals surface area contributed by atoms with E-state index in [0.717, 1.165) is 55.8 Å². The fourth-order valence-corrected chi connectivity index (χ4v) is 2.38. The van der Waals surface area contributed by atoms with Crippen LogP contribution in [0.15, 0.2) is 12.1 Å². The maximum Gasteiger partial charge on any atom is 0.254 e. The number of anilines is 1. The van der Waals surface area contributed by atoms with Gasteiger partial charge in [-0.25, -0.2) is 4.98 Å². The molecule has 1 aliphatic carbocycles. The van der Waals surface area contributed by atoms with E-state index >= 15 is 0 Å². The highest BCUT2D eigenvalue weighted by atomic mass is 16.2. The van der Waals surface area contributed by atoms with E-state index in [-0.39, 0.29) is 5.91 Å². The van der Waals surface area contributed by atoms with Crippen molar-refractivity contribution < 1.29 is 4.79 Å². The Morgan fingerprint density at radius 1 is 1.35 bits per heavy atom. The molecule has 4 nitrogen and oxygen atoms in total. The van der Waals surface area contributed by atoms with E-state index in [9.17, 15) is 4.79 Å². The van der Waals surface area contributed by atoms with Gasteiger partial charge in [-0.2, -0.15) is 0 Å². The van der Waals surface area contributed by atoms with Crippen molar-refractivity contribution in [2.24, 2.45) is 0 Å². The van der Waals surface area contributed by atoms with Crippen molar-refractivity contribution in [3.63, 3.8) is 0 Å². The SMILES string of the molecule is CCCNc1cc(C(=O)N(CCC)C2CC2)cc(C)n1. The zero-order chi connectivity index (χ0) is 14.5. The van der Waals surface area contributed by atoms with E-state index in [1.54, 1.807) is 0 Å². The van der Waals surface area contributed by atoms with Gasteiger partial charge in [0, 0.05) is 30.4 Å². The molecule has 1 fully saturated rings. The Labute approximate surface area is 121 Å². The number of nitrogens with one attached hydrogen (secondary N) is 1. The Hall–Kier alpha value is -1.58. The van der Waals surface area contributed by atoms with Gasteiger partial charge < -0.3 is 10.2 Å². The number of aryl methyl sites for hydroxylation is 1. The van der Waals surface area contributed by atoms with Crippen molar-refractivity contribution in [2.75, 3.05) is 18.4 Å². The van der Waals surface area contributed by atoms with Crippen LogP contribution in [-0.4, -0.2) is 34.9 Å². The zero-order valence-corrected chi connectivity index (χ0v) is 12.8. The summed E-state index contributed by atoms with van der Waals surface area (Å²) in [7, 11) is 0. The molecule has 1 heterocycles. The second kappa shape index (κ2) is 6.73. The second-order valence-corrected chi connectivity index (χ2v) is 5.54. The summed E-state index contributed by atoms with van der Waals surface area (Å²) in [4.78, 5) is 19.1. The van der Waals surface area contributed by atoms with Gasteiger partial charge in [-0.1, -0.05) is 13.8 Å². The first-order valence-corrected chi connectivity index (χ1v) is 7.69. The van der Waals surface area contributed by atoms with Gasteiger partial charge in [-0.15, -0.1) is 0 Å². The topological polar surface area (TPSA) is 45.2 Å². The van der Waals surface area contributed by atoms with Crippen molar-refractivity contribution in [3.8, 4) is 0 Å². The van der Waals surface area contributed by atoms with Crippen LogP contribution in [0, 0.1) is 6.92 Å². The number of hydrogen-bond donors (Lipinski definition) is 1. The fraction of sp³-hybridized carbons (Fsp3) is 0.625. The molecule has 0 spiro atoms. The highest BCUT2D eigenvalue weighted by Crippen LogP contribution is 2.28. The van der Waals surface area contributed by atoms with Gasteiger partial charge in [0.1, 0.15) is 5.82 Å². The molecular weight excluding hydrogens is 250 g/mol. The number of amides is 1. The smallest absolute Gasteiger partial charge is 0.254 e. The fourth-order valence-electron chi connectivity index (χ4n) is 2.38. The Bertz CT molecular complexity index is 469. The predicted octanol–water partition coefficient (Wildman–Crippen LogP) is 3.23. The summed E-state index contributed by atoms with van der Waals surface area (Å²) >= 11 is 0. The summed E-state index contributed by atoms with van der Waals surface area (Å²) in [6.45, 7) is 7.91. The first kappa shape index (κ1) is 14.8. The highest BCUT2D eigenvalue weighted by Gasteiger charge is 2.32. The minimum absolute atomic E-state index is 0.152. The molecule has 110 valence electrons. The molecule has 0 bridgehead atoms. The lowest BCUT2D eigenvalue weighted by Gasteiger charge is -2.22. The quantitative estimate of drug-likeness (QED) is 0.831. The van der Waals surface area contributed by atoms with Gasteiger partial charge in [0.25, 0.3) is 5.91 Å². The van der Waals surface area contributed by atoms with Crippen LogP contribution in [0.5, 0.6) is 0 Å². The van der Waals surface area contributed by atoms with Crippen molar-refractivity contribution in [1.82, 2.24) is 9.88 Å². The van der Waals surface area contributed by atoms with Crippen LogP contribution in [0.2, 0.25) is 0 Å². The average Bonchev–Trinajstić information content (AvgIpc) is 3.25. The van der Waals surface area contributed by atoms with Crippen LogP contribution in [0.3, 0.4) is 0 Å². The third-order valence-electron chi connectivity index (χ3n) is 3.47. The highest BCUT2D eigenvalue weighted by molar-refractivity contribution is 5.95. The molecule has 0 unspecified atom stereocenters. The van der Waals surface area contributed by atoms with E-state index in [1.807, 2.05) is 24.0 Å². The third-order valence-corrected chi connectivity index (χ3v) is 3.47. The Kier molecular flexibility index (Phi) is 4.99. The Morgan fingerprint density at radius 2 is 2.10 bits per heavy atom. The average molecular weight is 275 g/mol. The van der Waals surface area contributed by atoms with Gasteiger partial charge in [0.05, 0.1) is 0 Å². The van der Waals surface area contributed by atoms with E-state index < -0.39 is 0 Å². The molecule has 1 amide bonds. The van der Waals surface area contributed by atoms with Crippen LogP contribution in [-0.2, 0) is 0 Å². The number of carbonyl (C=O) groups excluding carboxylic acids is 1. The maximum absolute atomic E-state index is 12.7. The molecule has 0 saturated heterocycles. The van der Waals surface area contributed by atoms with Crippen LogP contribution in [0.4, 0.5) is 5.82 Å². The number of hydrogen-bond acceptors (Lipinski definition) is 3. The van der Waals surface area contributed by atoms with Crippen molar-refractivity contribution >= 4 is 11.7 Å². The normalized spacial score (nSPS) is 14.2. The lowest BCUT2D eigenvalue weighted by Crippen LogP contribution is -2.33. The van der Waals surface area contributed by atoms with Gasteiger partial charge >= 0.3 is 0 Å². The van der Waals surface area contributed by atoms with Crippen LogP contribution < -0.4 is 5.32 Å². The number of carbonyl (C=O) groups is 1. The minimum Gasteiger partial charge on any atom is -0.370 e. The monoisotopic (exact) mass is 275 g/mol. The number of aromatic nitrogens is 1. The number of pyridine rings is 1. The van der Waals surface area contributed by atoms with Gasteiger partial charge in [-0.05, 0) is 44.7 Å². The van der Waals surface area contributed by atoms with Gasteiger partial charge in [-0.3, -0.25) is 4.79 Å². The Morgan fingerprint density at radius 3 is 2.70 bits per heavy atom. The van der Waals surface area contributed by atoms with E-state index in [4.69, 9.17) is 0 Å². The second-order valence-electron chi connectivity index (χ2n) is 5.54. The summed E-state index contributed by atoms with van der Waals surface area (Å²) < 4.78 is 0. The molecule has 4 heteroatoms. The summed E-state index contributed by atoms with van der Waals surface area (Å²) in [5.41, 5.74) is 1.65. The lowest BCUT2D eigenvalue weighted by molar-refractivity contribution is 0.0743. The lowest BCUT2D eigenvalue weighted by atomic mass is 10.2. The van der Waals surface area contributed by atoms with Crippen LogP contribution >= 0.6 is 0 Å². The summed E-state index contributed by atoms with van der Waals surface area (Å²) in [5, 5.41) is 3.26. The van der Waals surface area contributed by atoms with Gasteiger partial charge in [0.15, 0.2) is 0 Å². The standard InChI is InChI=1S/C16H25N3O/c1-4-8-17-15-11-13(10-12(3)18-15)16(20)19(9-5-2)14-6-7-14/h10-11,14H,4-9H2,1-3H3,(H,17,18). The number of nitrogens with zero attached hydrogens (tertiary/aromatic N) is 2. The van der Waals surface area contributed by atoms with E-state index in [1.165, 1.54) is 0 Å². The first-order valence-electron chi connectivity index (χ1n) is 7.69. The molecule has 0 atom stereocenters. The molecule has 0 aromatic carbocycles. The number of rotatable bonds is 7. The van der Waals surface area contributed by atoms with Gasteiger partial charge in [0.2, 0.25) is 0 Å². The van der Waals surface area contributed by atoms with Crippen molar-refractivity contribution in [2.45, 2.75) is 52.5 Å². The first-order chi connectivity index (χ1) is 9.65. The molecule has 1 saturated carbocycles. The maximum atomic E-state index is 12.7. The minimum atomic E-state index is 0.152. The molecule has 1 aliphatic rings. The van der Waals surface area contributed by atoms with Crippen LogP contribution in [0.25, 0.3) is 0 Å². The third kappa shape index (κ3) is 3.71. The Balaban J connectivity index is 2.17. The summed E-state index contributed by atoms with van der Waals surface area (Å²) in [6.07, 6.45) is 4.35. The molecule has 20 heavy (non-hydrogen) atoms. The molecular formula is C16H25N3O. The molecule has 0 radical (unpaired) electrons. The molecule has 1 aromatic rings. The van der Waals surface area contributed by atoms with Crippen molar-refractivity contribution in [3.05, 3.63) is 23.4 Å². The largest absolute Gasteiger partial charge is 0.370 e. The van der Waals surface area contributed by atoms with E-state index in [2.05, 4.69) is 24.1 Å². The van der Waals surface area contributed by atoms with E-state index in [0.29, 0.717) is 6.04 Å². The molecule has 2 rings (SSSR count). The van der Waals surface area contributed by atoms with Crippen LogP contribution in [0.1, 0.15) is 55.6 Å². The summed E-state index contributed by atoms with van der Waals surface area (Å²) in [5.74, 6) is 0.960. The van der Waals surface area contributed by atoms with Crippen molar-refractivity contribution in [1.29, 1.82) is 0 Å². The molecule has 0 aliphatic heterocycles. The predicted molar refractivity (Wildman–Crippen MR) is 82.1 cm³/mol. The molecule has 1 N–H and O–H groups in total. The zero-order valence-electron chi connectivity index (χ0n) is 12.8. The summed E-state index contributed by atoms with van der Waals surface area (Å²) in [6, 6.07) is 4.24.